The maximum absolute atomic E-state index is 11.5. The van der Waals surface area contributed by atoms with Crippen LogP contribution in [-0.2, 0) is 9.59 Å². The number of imide groups is 1. The Labute approximate surface area is 102 Å². The van der Waals surface area contributed by atoms with Crippen LogP contribution in [-0.4, -0.2) is 35.2 Å². The highest BCUT2D eigenvalue weighted by molar-refractivity contribution is 7.17. The standard InChI is InChI=1S/C10H11N3O3S/c1-5-9(16)12-8(15)4-13(5)10-11-3-7(17-10)6(2)14/h3,5H,4H2,1-2H3,(H,12,15,16). The van der Waals surface area contributed by atoms with Crippen molar-refractivity contribution < 1.29 is 14.4 Å². The van der Waals surface area contributed by atoms with Gasteiger partial charge in [0.15, 0.2) is 10.9 Å². The molecule has 0 aliphatic carbocycles. The summed E-state index contributed by atoms with van der Waals surface area (Å²) in [6, 6.07) is -0.460. The van der Waals surface area contributed by atoms with E-state index in [1.54, 1.807) is 11.8 Å². The Balaban J connectivity index is 2.28. The molecule has 2 heterocycles. The third-order valence-corrected chi connectivity index (χ3v) is 3.64. The van der Waals surface area contributed by atoms with Crippen LogP contribution in [0.2, 0.25) is 0 Å². The van der Waals surface area contributed by atoms with Crippen LogP contribution in [0.1, 0.15) is 23.5 Å². The Hall–Kier alpha value is -1.76. The number of rotatable bonds is 2. The van der Waals surface area contributed by atoms with Gasteiger partial charge in [-0.1, -0.05) is 11.3 Å². The minimum atomic E-state index is -0.460. The molecule has 0 saturated carbocycles. The Bertz CT molecular complexity index is 497. The maximum Gasteiger partial charge on any atom is 0.249 e. The van der Waals surface area contributed by atoms with E-state index in [9.17, 15) is 14.4 Å². The van der Waals surface area contributed by atoms with Gasteiger partial charge in [0.05, 0.1) is 11.1 Å². The number of hydrogen-bond donors (Lipinski definition) is 1. The van der Waals surface area contributed by atoms with Crippen LogP contribution in [0.5, 0.6) is 0 Å². The van der Waals surface area contributed by atoms with E-state index in [1.165, 1.54) is 24.5 Å². The van der Waals surface area contributed by atoms with Crippen molar-refractivity contribution in [2.75, 3.05) is 11.4 Å². The van der Waals surface area contributed by atoms with Crippen LogP contribution >= 0.6 is 11.3 Å². The lowest BCUT2D eigenvalue weighted by Crippen LogP contribution is -2.57. The van der Waals surface area contributed by atoms with E-state index in [4.69, 9.17) is 0 Å². The molecule has 1 aliphatic heterocycles. The number of thiazole rings is 1. The molecule has 1 aromatic heterocycles. The Morgan fingerprint density at radius 2 is 2.29 bits per heavy atom. The molecule has 90 valence electrons. The molecule has 1 aromatic rings. The first kappa shape index (κ1) is 11.7. The fourth-order valence-corrected chi connectivity index (χ4v) is 2.40. The molecule has 6 nitrogen and oxygen atoms in total. The van der Waals surface area contributed by atoms with Gasteiger partial charge in [-0.2, -0.15) is 0 Å². The zero-order valence-corrected chi connectivity index (χ0v) is 10.2. The van der Waals surface area contributed by atoms with E-state index in [2.05, 4.69) is 10.3 Å². The number of carbonyl (C=O) groups is 3. The van der Waals surface area contributed by atoms with Crippen molar-refractivity contribution in [3.05, 3.63) is 11.1 Å². The number of hydrogen-bond acceptors (Lipinski definition) is 6. The summed E-state index contributed by atoms with van der Waals surface area (Å²) in [5, 5.41) is 2.77. The van der Waals surface area contributed by atoms with Crippen LogP contribution in [0.25, 0.3) is 0 Å². The van der Waals surface area contributed by atoms with Crippen molar-refractivity contribution in [3.63, 3.8) is 0 Å². The van der Waals surface area contributed by atoms with Gasteiger partial charge < -0.3 is 4.90 Å². The molecule has 1 atom stereocenters. The SMILES string of the molecule is CC(=O)c1cnc(N2CC(=O)NC(=O)C2C)s1. The van der Waals surface area contributed by atoms with Crippen molar-refractivity contribution in [1.29, 1.82) is 0 Å². The van der Waals surface area contributed by atoms with Crippen molar-refractivity contribution >= 4 is 34.1 Å². The largest absolute Gasteiger partial charge is 0.327 e. The zero-order valence-electron chi connectivity index (χ0n) is 9.39. The summed E-state index contributed by atoms with van der Waals surface area (Å²) < 4.78 is 0. The number of nitrogens with one attached hydrogen (secondary N) is 1. The van der Waals surface area contributed by atoms with Crippen molar-refractivity contribution in [2.45, 2.75) is 19.9 Å². The molecular weight excluding hydrogens is 242 g/mol. The van der Waals surface area contributed by atoms with Gasteiger partial charge in [-0.15, -0.1) is 0 Å². The van der Waals surface area contributed by atoms with Gasteiger partial charge in [0.1, 0.15) is 12.6 Å². The molecule has 2 amide bonds. The zero-order chi connectivity index (χ0) is 12.6. The molecule has 1 N–H and O–H groups in total. The maximum atomic E-state index is 11.5. The number of ketones is 1. The van der Waals surface area contributed by atoms with Gasteiger partial charge in [-0.3, -0.25) is 19.7 Å². The highest BCUT2D eigenvalue weighted by atomic mass is 32.1. The molecule has 7 heteroatoms. The predicted molar refractivity (Wildman–Crippen MR) is 62.1 cm³/mol. The van der Waals surface area contributed by atoms with Crippen molar-refractivity contribution in [1.82, 2.24) is 10.3 Å². The molecule has 17 heavy (non-hydrogen) atoms. The second kappa shape index (κ2) is 4.25. The van der Waals surface area contributed by atoms with E-state index >= 15 is 0 Å². The van der Waals surface area contributed by atoms with Crippen molar-refractivity contribution in [3.8, 4) is 0 Å². The average Bonchev–Trinajstić information content (AvgIpc) is 2.72. The van der Waals surface area contributed by atoms with Gasteiger partial charge in [0.2, 0.25) is 11.8 Å². The fourth-order valence-electron chi connectivity index (χ4n) is 1.51. The van der Waals surface area contributed by atoms with E-state index in [-0.39, 0.29) is 24.1 Å². The van der Waals surface area contributed by atoms with Crippen LogP contribution in [0.3, 0.4) is 0 Å². The molecular formula is C10H11N3O3S. The lowest BCUT2D eigenvalue weighted by molar-refractivity contribution is -0.132. The summed E-state index contributed by atoms with van der Waals surface area (Å²) in [6.07, 6.45) is 1.46. The third kappa shape index (κ3) is 2.19. The summed E-state index contributed by atoms with van der Waals surface area (Å²) in [7, 11) is 0. The lowest BCUT2D eigenvalue weighted by atomic mass is 10.2. The van der Waals surface area contributed by atoms with Gasteiger partial charge in [-0.25, -0.2) is 4.98 Å². The predicted octanol–water partition coefficient (Wildman–Crippen LogP) is 0.197. The Kier molecular flexibility index (Phi) is 2.93. The highest BCUT2D eigenvalue weighted by Crippen LogP contribution is 2.25. The molecule has 0 spiro atoms. The average molecular weight is 253 g/mol. The van der Waals surface area contributed by atoms with Gasteiger partial charge in [-0.05, 0) is 6.92 Å². The second-order valence-electron chi connectivity index (χ2n) is 3.78. The number of aromatic nitrogens is 1. The van der Waals surface area contributed by atoms with Crippen LogP contribution in [0.15, 0.2) is 6.20 Å². The van der Waals surface area contributed by atoms with Crippen LogP contribution in [0.4, 0.5) is 5.13 Å². The molecule has 0 aromatic carbocycles. The number of nitrogens with zero attached hydrogens (tertiary/aromatic N) is 2. The monoisotopic (exact) mass is 253 g/mol. The first-order chi connectivity index (χ1) is 7.99. The summed E-state index contributed by atoms with van der Waals surface area (Å²) in [4.78, 5) is 40.1. The van der Waals surface area contributed by atoms with Gasteiger partial charge in [0.25, 0.3) is 0 Å². The molecule has 0 bridgehead atoms. The minimum Gasteiger partial charge on any atom is -0.327 e. The molecule has 2 rings (SSSR count). The second-order valence-corrected chi connectivity index (χ2v) is 4.79. The molecule has 1 aliphatic rings. The third-order valence-electron chi connectivity index (χ3n) is 2.51. The molecule has 1 unspecified atom stereocenters. The number of anilines is 1. The summed E-state index contributed by atoms with van der Waals surface area (Å²) >= 11 is 1.19. The number of Topliss-reactive ketones (excluding diaryl/α,β-unsaturated/α-hetero) is 1. The van der Waals surface area contributed by atoms with Crippen LogP contribution in [0, 0.1) is 0 Å². The minimum absolute atomic E-state index is 0.0748. The smallest absolute Gasteiger partial charge is 0.249 e. The normalized spacial score (nSPS) is 20.4. The topological polar surface area (TPSA) is 79.4 Å². The first-order valence-electron chi connectivity index (χ1n) is 5.06. The van der Waals surface area contributed by atoms with Gasteiger partial charge in [0, 0.05) is 6.92 Å². The quantitative estimate of drug-likeness (QED) is 0.601. The van der Waals surface area contributed by atoms with Gasteiger partial charge >= 0.3 is 0 Å². The van der Waals surface area contributed by atoms with Crippen LogP contribution < -0.4 is 10.2 Å². The summed E-state index contributed by atoms with van der Waals surface area (Å²) in [5.74, 6) is -0.775. The van der Waals surface area contributed by atoms with E-state index in [1.807, 2.05) is 0 Å². The van der Waals surface area contributed by atoms with E-state index < -0.39 is 6.04 Å². The summed E-state index contributed by atoms with van der Waals surface area (Å²) in [6.45, 7) is 3.23. The molecule has 1 fully saturated rings. The highest BCUT2D eigenvalue weighted by Gasteiger charge is 2.32. The Morgan fingerprint density at radius 3 is 2.88 bits per heavy atom. The fraction of sp³-hybridized carbons (Fsp3) is 0.400. The number of carbonyl (C=O) groups excluding carboxylic acids is 3. The van der Waals surface area contributed by atoms with E-state index in [0.29, 0.717) is 10.0 Å². The summed E-state index contributed by atoms with van der Waals surface area (Å²) in [5.41, 5.74) is 0. The molecule has 1 saturated heterocycles. The lowest BCUT2D eigenvalue weighted by Gasteiger charge is -2.31. The molecule has 0 radical (unpaired) electrons. The van der Waals surface area contributed by atoms with E-state index in [0.717, 1.165) is 0 Å². The number of piperazine rings is 1. The van der Waals surface area contributed by atoms with Crippen molar-refractivity contribution in [2.24, 2.45) is 0 Å². The number of amides is 2. The first-order valence-corrected chi connectivity index (χ1v) is 5.88. The Morgan fingerprint density at radius 1 is 1.59 bits per heavy atom.